The van der Waals surface area contributed by atoms with E-state index < -0.39 is 0 Å². The second kappa shape index (κ2) is 7.02. The molecule has 0 spiro atoms. The van der Waals surface area contributed by atoms with E-state index in [1.54, 1.807) is 7.11 Å². The molecule has 1 heterocycles. The molecule has 0 aliphatic heterocycles. The van der Waals surface area contributed by atoms with Crippen LogP contribution in [0.4, 0.5) is 5.13 Å². The summed E-state index contributed by atoms with van der Waals surface area (Å²) >= 11 is 2.98. The molecular formula is C17H16N2O2S2. The molecule has 0 aliphatic carbocycles. The molecule has 0 saturated heterocycles. The summed E-state index contributed by atoms with van der Waals surface area (Å²) in [7, 11) is 1.63. The van der Waals surface area contributed by atoms with Gasteiger partial charge in [-0.1, -0.05) is 29.5 Å². The number of rotatable bonds is 5. The zero-order valence-electron chi connectivity index (χ0n) is 12.8. The second-order valence-corrected chi connectivity index (χ2v) is 7.36. The summed E-state index contributed by atoms with van der Waals surface area (Å²) < 4.78 is 6.19. The Kier molecular flexibility index (Phi) is 4.83. The maximum absolute atomic E-state index is 12.3. The summed E-state index contributed by atoms with van der Waals surface area (Å²) in [5.74, 6) is 0.733. The van der Waals surface area contributed by atoms with Gasteiger partial charge in [0.2, 0.25) is 5.91 Å². The first-order chi connectivity index (χ1) is 11.2. The Balaban J connectivity index is 1.69. The van der Waals surface area contributed by atoms with Crippen LogP contribution in [-0.4, -0.2) is 23.3 Å². The van der Waals surface area contributed by atoms with Crippen molar-refractivity contribution in [1.29, 1.82) is 0 Å². The molecule has 0 saturated carbocycles. The number of hydrogen-bond donors (Lipinski definition) is 1. The first-order valence-corrected chi connectivity index (χ1v) is 8.82. The molecule has 6 heteroatoms. The number of ether oxygens (including phenoxy) is 1. The summed E-state index contributed by atoms with van der Waals surface area (Å²) in [6.45, 7) is 1.89. The Bertz CT molecular complexity index is 818. The average molecular weight is 344 g/mol. The van der Waals surface area contributed by atoms with Gasteiger partial charge < -0.3 is 10.1 Å². The molecule has 1 atom stereocenters. The number of thioether (sulfide) groups is 1. The molecule has 4 nitrogen and oxygen atoms in total. The lowest BCUT2D eigenvalue weighted by Gasteiger charge is -2.10. The van der Waals surface area contributed by atoms with E-state index in [-0.39, 0.29) is 11.2 Å². The molecule has 0 fully saturated rings. The second-order valence-electron chi connectivity index (χ2n) is 4.92. The van der Waals surface area contributed by atoms with Crippen LogP contribution in [0.2, 0.25) is 0 Å². The van der Waals surface area contributed by atoms with Crippen LogP contribution in [0, 0.1) is 0 Å². The Hall–Kier alpha value is -2.05. The SMILES string of the molecule is COc1ccc2nc(NC(=O)C(C)Sc3ccccc3)sc2c1. The van der Waals surface area contributed by atoms with Crippen molar-refractivity contribution in [3.8, 4) is 5.75 Å². The number of amides is 1. The Morgan fingerprint density at radius 2 is 2.04 bits per heavy atom. The highest BCUT2D eigenvalue weighted by atomic mass is 32.2. The molecule has 1 amide bonds. The van der Waals surface area contributed by atoms with E-state index in [1.807, 2.05) is 55.5 Å². The number of nitrogens with zero attached hydrogens (tertiary/aromatic N) is 1. The molecule has 23 heavy (non-hydrogen) atoms. The summed E-state index contributed by atoms with van der Waals surface area (Å²) in [5, 5.41) is 3.31. The van der Waals surface area contributed by atoms with Crippen molar-refractivity contribution in [1.82, 2.24) is 4.98 Å². The van der Waals surface area contributed by atoms with Gasteiger partial charge in [0.15, 0.2) is 5.13 Å². The molecule has 3 rings (SSSR count). The van der Waals surface area contributed by atoms with Crippen LogP contribution in [-0.2, 0) is 4.79 Å². The van der Waals surface area contributed by atoms with E-state index in [9.17, 15) is 4.79 Å². The first-order valence-electron chi connectivity index (χ1n) is 7.13. The lowest BCUT2D eigenvalue weighted by atomic mass is 10.3. The largest absolute Gasteiger partial charge is 0.497 e. The third-order valence-corrected chi connectivity index (χ3v) is 5.30. The van der Waals surface area contributed by atoms with Gasteiger partial charge in [0.05, 0.1) is 22.6 Å². The van der Waals surface area contributed by atoms with Crippen LogP contribution in [0.15, 0.2) is 53.4 Å². The average Bonchev–Trinajstić information content (AvgIpc) is 2.96. The van der Waals surface area contributed by atoms with Gasteiger partial charge in [0.1, 0.15) is 5.75 Å². The summed E-state index contributed by atoms with van der Waals surface area (Å²) in [4.78, 5) is 17.8. The van der Waals surface area contributed by atoms with Crippen molar-refractivity contribution >= 4 is 44.4 Å². The van der Waals surface area contributed by atoms with Crippen molar-refractivity contribution in [3.05, 3.63) is 48.5 Å². The Labute approximate surface area is 142 Å². The van der Waals surface area contributed by atoms with Crippen LogP contribution in [0.25, 0.3) is 10.2 Å². The minimum Gasteiger partial charge on any atom is -0.497 e. The molecule has 0 radical (unpaired) electrons. The van der Waals surface area contributed by atoms with Gasteiger partial charge in [-0.3, -0.25) is 4.79 Å². The van der Waals surface area contributed by atoms with Crippen LogP contribution >= 0.6 is 23.1 Å². The number of aromatic nitrogens is 1. The van der Waals surface area contributed by atoms with Crippen molar-refractivity contribution in [2.75, 3.05) is 12.4 Å². The van der Waals surface area contributed by atoms with Gasteiger partial charge >= 0.3 is 0 Å². The highest BCUT2D eigenvalue weighted by molar-refractivity contribution is 8.00. The third kappa shape index (κ3) is 3.83. The predicted octanol–water partition coefficient (Wildman–Crippen LogP) is 4.42. The standard InChI is InChI=1S/C17H16N2O2S2/c1-11(22-13-6-4-3-5-7-13)16(20)19-17-18-14-9-8-12(21-2)10-15(14)23-17/h3-11H,1-2H3,(H,18,19,20). The zero-order valence-corrected chi connectivity index (χ0v) is 14.4. The first kappa shape index (κ1) is 15.8. The van der Waals surface area contributed by atoms with Crippen molar-refractivity contribution < 1.29 is 9.53 Å². The molecule has 3 aromatic rings. The number of fused-ring (bicyclic) bond motifs is 1. The number of carbonyl (C=O) groups excluding carboxylic acids is 1. The van der Waals surface area contributed by atoms with Crippen LogP contribution in [0.5, 0.6) is 5.75 Å². The van der Waals surface area contributed by atoms with E-state index in [1.165, 1.54) is 23.1 Å². The maximum Gasteiger partial charge on any atom is 0.239 e. The lowest BCUT2D eigenvalue weighted by molar-refractivity contribution is -0.115. The van der Waals surface area contributed by atoms with Gasteiger partial charge in [-0.25, -0.2) is 4.98 Å². The van der Waals surface area contributed by atoms with Crippen molar-refractivity contribution in [3.63, 3.8) is 0 Å². The monoisotopic (exact) mass is 344 g/mol. The van der Waals surface area contributed by atoms with E-state index in [4.69, 9.17) is 4.74 Å². The minimum absolute atomic E-state index is 0.0510. The number of anilines is 1. The number of nitrogens with one attached hydrogen (secondary N) is 1. The topological polar surface area (TPSA) is 51.2 Å². The van der Waals surface area contributed by atoms with Gasteiger partial charge in [-0.05, 0) is 37.3 Å². The van der Waals surface area contributed by atoms with Gasteiger partial charge in [-0.2, -0.15) is 0 Å². The molecule has 118 valence electrons. The van der Waals surface area contributed by atoms with Crippen molar-refractivity contribution in [2.45, 2.75) is 17.1 Å². The number of hydrogen-bond acceptors (Lipinski definition) is 5. The summed E-state index contributed by atoms with van der Waals surface area (Å²) in [5.41, 5.74) is 0.856. The molecule has 2 aromatic carbocycles. The fourth-order valence-electron chi connectivity index (χ4n) is 2.05. The number of thiazole rings is 1. The van der Waals surface area contributed by atoms with Crippen LogP contribution in [0.1, 0.15) is 6.92 Å². The molecular weight excluding hydrogens is 328 g/mol. The quantitative estimate of drug-likeness (QED) is 0.696. The van der Waals surface area contributed by atoms with Gasteiger partial charge in [0.25, 0.3) is 0 Å². The smallest absolute Gasteiger partial charge is 0.239 e. The van der Waals surface area contributed by atoms with E-state index in [2.05, 4.69) is 10.3 Å². The van der Waals surface area contributed by atoms with Crippen LogP contribution < -0.4 is 10.1 Å². The maximum atomic E-state index is 12.3. The van der Waals surface area contributed by atoms with Crippen molar-refractivity contribution in [2.24, 2.45) is 0 Å². The fraction of sp³-hybridized carbons (Fsp3) is 0.176. The van der Waals surface area contributed by atoms with Gasteiger partial charge in [0, 0.05) is 4.90 Å². The highest BCUT2D eigenvalue weighted by Crippen LogP contribution is 2.30. The predicted molar refractivity (Wildman–Crippen MR) is 96.6 cm³/mol. The number of carbonyl (C=O) groups is 1. The Morgan fingerprint density at radius 1 is 1.26 bits per heavy atom. The zero-order chi connectivity index (χ0) is 16.2. The molecule has 1 unspecified atom stereocenters. The minimum atomic E-state index is -0.195. The molecule has 1 aromatic heterocycles. The fourth-order valence-corrected chi connectivity index (χ4v) is 3.83. The number of methoxy groups -OCH3 is 1. The molecule has 1 N–H and O–H groups in total. The van der Waals surface area contributed by atoms with Gasteiger partial charge in [-0.15, -0.1) is 11.8 Å². The number of benzene rings is 2. The van der Waals surface area contributed by atoms with Crippen LogP contribution in [0.3, 0.4) is 0 Å². The summed E-state index contributed by atoms with van der Waals surface area (Å²) in [6.07, 6.45) is 0. The third-order valence-electron chi connectivity index (χ3n) is 3.25. The lowest BCUT2D eigenvalue weighted by Crippen LogP contribution is -2.22. The molecule has 0 aliphatic rings. The van der Waals surface area contributed by atoms with E-state index >= 15 is 0 Å². The molecule has 0 bridgehead atoms. The van der Waals surface area contributed by atoms with E-state index in [0.29, 0.717) is 5.13 Å². The summed E-state index contributed by atoms with van der Waals surface area (Å²) in [6, 6.07) is 15.6. The Morgan fingerprint density at radius 3 is 2.78 bits per heavy atom. The normalized spacial score (nSPS) is 12.1. The highest BCUT2D eigenvalue weighted by Gasteiger charge is 2.16. The van der Waals surface area contributed by atoms with E-state index in [0.717, 1.165) is 20.9 Å².